The number of hydrogen-bond donors (Lipinski definition) is 0. The number of hydrogen-bond acceptors (Lipinski definition) is 2. The summed E-state index contributed by atoms with van der Waals surface area (Å²) in [6.45, 7) is 7.31. The molecule has 0 amide bonds. The van der Waals surface area contributed by atoms with Crippen molar-refractivity contribution in [3.8, 4) is 78.1 Å². The second-order valence-electron chi connectivity index (χ2n) is 24.9. The van der Waals surface area contributed by atoms with Crippen molar-refractivity contribution >= 4 is 0 Å². The topological polar surface area (TPSA) is 25.8 Å². The molecular formula is C84H60N2. The fourth-order valence-electron chi connectivity index (χ4n) is 16.4. The third kappa shape index (κ3) is 7.08. The average molecular weight is 1100 g/mol. The zero-order valence-corrected chi connectivity index (χ0v) is 48.4. The Morgan fingerprint density at radius 1 is 0.244 bits per heavy atom. The molecule has 11 aromatic carbocycles. The number of rotatable bonds is 7. The average Bonchev–Trinajstić information content (AvgIpc) is 1.42. The van der Waals surface area contributed by atoms with Crippen LogP contribution < -0.4 is 0 Å². The lowest BCUT2D eigenvalue weighted by Crippen LogP contribution is -2.43. The molecule has 0 saturated carbocycles. The highest BCUT2D eigenvalue weighted by atomic mass is 14.7. The smallest absolute Gasteiger partial charge is 0.0719 e. The number of aromatic nitrogens is 2. The maximum absolute atomic E-state index is 4.71. The Morgan fingerprint density at radius 3 is 1.01 bits per heavy atom. The number of fused-ring (bicyclic) bond motifs is 18. The predicted molar refractivity (Wildman–Crippen MR) is 353 cm³/mol. The van der Waals surface area contributed by atoms with Crippen LogP contribution in [0.15, 0.2) is 298 Å². The Balaban J connectivity index is 0.826. The van der Waals surface area contributed by atoms with Crippen LogP contribution in [0.1, 0.15) is 93.1 Å². The van der Waals surface area contributed by atoms with E-state index in [1.165, 1.54) is 128 Å². The molecule has 0 aliphatic heterocycles. The van der Waals surface area contributed by atoms with E-state index in [0.717, 1.165) is 28.9 Å². The minimum Gasteiger partial charge on any atom is -0.256 e. The second-order valence-corrected chi connectivity index (χ2v) is 24.9. The van der Waals surface area contributed by atoms with E-state index in [9.17, 15) is 0 Å². The molecule has 0 radical (unpaired) electrons. The molecule has 2 spiro atoms. The molecule has 0 saturated heterocycles. The van der Waals surface area contributed by atoms with E-state index in [0.29, 0.717) is 0 Å². The van der Waals surface area contributed by atoms with Gasteiger partial charge in [0.15, 0.2) is 0 Å². The minimum atomic E-state index is -0.532. The van der Waals surface area contributed by atoms with Crippen LogP contribution >= 0.6 is 0 Å². The number of nitrogens with zero attached hydrogens (tertiary/aromatic N) is 2. The van der Waals surface area contributed by atoms with Crippen LogP contribution in [0.3, 0.4) is 0 Å². The monoisotopic (exact) mass is 1100 g/mol. The van der Waals surface area contributed by atoms with Crippen LogP contribution in [0.25, 0.3) is 78.1 Å². The predicted octanol–water partition coefficient (Wildman–Crippen LogP) is 20.0. The van der Waals surface area contributed by atoms with E-state index >= 15 is 0 Å². The summed E-state index contributed by atoms with van der Waals surface area (Å²) in [6.07, 6.45) is 4.52. The lowest BCUT2D eigenvalue weighted by Gasteiger charge is -2.48. The highest BCUT2D eigenvalue weighted by Crippen LogP contribution is 2.65. The molecule has 4 aliphatic rings. The van der Waals surface area contributed by atoms with E-state index in [1.54, 1.807) is 0 Å². The van der Waals surface area contributed by atoms with Crippen LogP contribution in [-0.4, -0.2) is 9.97 Å². The van der Waals surface area contributed by atoms with Crippen molar-refractivity contribution in [1.82, 2.24) is 9.97 Å². The highest BCUT2D eigenvalue weighted by Gasteiger charge is 2.55. The van der Waals surface area contributed by atoms with Gasteiger partial charge in [-0.25, -0.2) is 0 Å². The van der Waals surface area contributed by atoms with Crippen molar-refractivity contribution in [1.29, 1.82) is 0 Å². The summed E-state index contributed by atoms with van der Waals surface area (Å²) < 4.78 is 0. The van der Waals surface area contributed by atoms with E-state index in [1.807, 2.05) is 30.6 Å². The molecule has 2 nitrogen and oxygen atoms in total. The van der Waals surface area contributed by atoms with Gasteiger partial charge in [0.05, 0.1) is 22.2 Å². The van der Waals surface area contributed by atoms with Crippen LogP contribution in [0.4, 0.5) is 0 Å². The lowest BCUT2D eigenvalue weighted by atomic mass is 9.54. The summed E-state index contributed by atoms with van der Waals surface area (Å²) in [7, 11) is 0. The van der Waals surface area contributed by atoms with Gasteiger partial charge in [-0.05, 0) is 177 Å². The number of pyridine rings is 2. The van der Waals surface area contributed by atoms with Crippen LogP contribution in [0, 0.1) is 0 Å². The molecule has 2 aromatic heterocycles. The standard InChI is InChI=1S/C84H60N2/c1-81(2)71-24-8-12-28-75(71)83(76-29-13-9-25-72(76)81)67-22-6-4-21-64(67)66-52-60(43-45-69(66)83)62-49-54(48-61(50-62)56-36-40-58(41-37-56)80-33-17-19-47-86-80)53-82(3)73-26-10-14-30-77(73)84(78-31-15-11-27-74(78)82)68-23-7-5-20-63(68)65-51-59(42-44-70(65)84)55-34-38-57(39-35-55)79-32-16-18-46-85-79/h4-52H,53H2,1-3H3. The van der Waals surface area contributed by atoms with Crippen LogP contribution in [0.5, 0.6) is 0 Å². The molecule has 406 valence electrons. The molecular weight excluding hydrogens is 1040 g/mol. The Morgan fingerprint density at radius 2 is 0.570 bits per heavy atom. The Labute approximate surface area is 503 Å². The van der Waals surface area contributed by atoms with Crippen molar-refractivity contribution in [3.63, 3.8) is 0 Å². The lowest BCUT2D eigenvalue weighted by molar-refractivity contribution is 0.514. The summed E-state index contributed by atoms with van der Waals surface area (Å²) in [5.41, 5.74) is 32.5. The van der Waals surface area contributed by atoms with Crippen molar-refractivity contribution in [2.45, 2.75) is 48.9 Å². The first kappa shape index (κ1) is 50.3. The second kappa shape index (κ2) is 18.9. The molecule has 2 heterocycles. The first-order chi connectivity index (χ1) is 42.2. The molecule has 17 rings (SSSR count). The fourth-order valence-corrected chi connectivity index (χ4v) is 16.4. The molecule has 0 N–H and O–H groups in total. The van der Waals surface area contributed by atoms with Crippen LogP contribution in [0.2, 0.25) is 0 Å². The Bertz CT molecular complexity index is 4780. The first-order valence-electron chi connectivity index (χ1n) is 30.3. The van der Waals surface area contributed by atoms with E-state index in [4.69, 9.17) is 4.98 Å². The minimum absolute atomic E-state index is 0.162. The number of benzene rings is 11. The van der Waals surface area contributed by atoms with Gasteiger partial charge in [-0.2, -0.15) is 0 Å². The zero-order chi connectivity index (χ0) is 57.4. The maximum atomic E-state index is 4.71. The van der Waals surface area contributed by atoms with Crippen molar-refractivity contribution in [2.24, 2.45) is 0 Å². The van der Waals surface area contributed by atoms with Gasteiger partial charge in [-0.3, -0.25) is 9.97 Å². The van der Waals surface area contributed by atoms with Gasteiger partial charge in [0, 0.05) is 34.4 Å². The van der Waals surface area contributed by atoms with Gasteiger partial charge in [-0.1, -0.05) is 263 Å². The molecule has 2 heteroatoms. The van der Waals surface area contributed by atoms with Gasteiger partial charge in [0.2, 0.25) is 0 Å². The summed E-state index contributed by atoms with van der Waals surface area (Å²) in [5, 5.41) is 0. The van der Waals surface area contributed by atoms with Gasteiger partial charge in [0.1, 0.15) is 0 Å². The summed E-state index contributed by atoms with van der Waals surface area (Å²) in [4.78, 5) is 9.34. The summed E-state index contributed by atoms with van der Waals surface area (Å²) in [6, 6.07) is 108. The third-order valence-electron chi connectivity index (χ3n) is 20.2. The van der Waals surface area contributed by atoms with E-state index < -0.39 is 16.2 Å². The molecule has 0 unspecified atom stereocenters. The normalized spacial score (nSPS) is 16.2. The highest BCUT2D eigenvalue weighted by molar-refractivity contribution is 5.93. The molecule has 0 fully saturated rings. The molecule has 13 aromatic rings. The van der Waals surface area contributed by atoms with Crippen molar-refractivity contribution in [2.75, 3.05) is 0 Å². The Hall–Kier alpha value is -10.3. The molecule has 0 bridgehead atoms. The summed E-state index contributed by atoms with van der Waals surface area (Å²) in [5.74, 6) is 0. The van der Waals surface area contributed by atoms with Gasteiger partial charge >= 0.3 is 0 Å². The Kier molecular flexibility index (Phi) is 11.0. The maximum Gasteiger partial charge on any atom is 0.0719 e. The van der Waals surface area contributed by atoms with Gasteiger partial charge < -0.3 is 0 Å². The van der Waals surface area contributed by atoms with E-state index in [-0.39, 0.29) is 5.41 Å². The van der Waals surface area contributed by atoms with Crippen molar-refractivity contribution < 1.29 is 0 Å². The fraction of sp³-hybridized carbons (Fsp3) is 0.0952. The largest absolute Gasteiger partial charge is 0.256 e. The molecule has 0 atom stereocenters. The zero-order valence-electron chi connectivity index (χ0n) is 48.4. The molecule has 86 heavy (non-hydrogen) atoms. The van der Waals surface area contributed by atoms with Crippen molar-refractivity contribution in [3.05, 3.63) is 370 Å². The van der Waals surface area contributed by atoms with Gasteiger partial charge in [-0.15, -0.1) is 0 Å². The molecule has 4 aliphatic carbocycles. The SMILES string of the molecule is CC1(C)c2ccccc2C2(c3ccccc3-c3cc(-c4cc(CC5(C)c6ccccc6C6(c7ccccc7-c7cc(-c8ccc(-c9ccccn9)cc8)ccc76)c6ccccc65)cc(-c5ccc(-c6ccccn6)cc5)c4)ccc32)c2ccccc21. The third-order valence-corrected chi connectivity index (χ3v) is 20.2. The van der Waals surface area contributed by atoms with Crippen LogP contribution in [-0.2, 0) is 28.1 Å². The quantitative estimate of drug-likeness (QED) is 0.159. The summed E-state index contributed by atoms with van der Waals surface area (Å²) >= 11 is 0. The van der Waals surface area contributed by atoms with E-state index in [2.05, 4.69) is 293 Å². The first-order valence-corrected chi connectivity index (χ1v) is 30.3. The van der Waals surface area contributed by atoms with Gasteiger partial charge in [0.25, 0.3) is 0 Å².